The van der Waals surface area contributed by atoms with E-state index in [1.54, 1.807) is 14.2 Å². The predicted molar refractivity (Wildman–Crippen MR) is 51.0 cm³/mol. The molecule has 0 bridgehead atoms. The third-order valence-corrected chi connectivity index (χ3v) is 1.66. The highest BCUT2D eigenvalue weighted by Crippen LogP contribution is 2.03. The highest BCUT2D eigenvalue weighted by atomic mass is 16.5. The quantitative estimate of drug-likeness (QED) is 0.466. The molecule has 0 aliphatic carbocycles. The van der Waals surface area contributed by atoms with E-state index < -0.39 is 0 Å². The van der Waals surface area contributed by atoms with Gasteiger partial charge in [-0.25, -0.2) is 0 Å². The molecular formula is C10H18O2. The zero-order chi connectivity index (χ0) is 9.40. The van der Waals surface area contributed by atoms with E-state index in [2.05, 4.69) is 6.92 Å². The van der Waals surface area contributed by atoms with Crippen LogP contribution in [0.5, 0.6) is 0 Å². The van der Waals surface area contributed by atoms with Crippen molar-refractivity contribution in [1.82, 2.24) is 0 Å². The molecule has 0 heterocycles. The van der Waals surface area contributed by atoms with Gasteiger partial charge in [-0.2, -0.15) is 0 Å². The van der Waals surface area contributed by atoms with Gasteiger partial charge in [0.2, 0.25) is 0 Å². The fourth-order valence-electron chi connectivity index (χ4n) is 0.757. The van der Waals surface area contributed by atoms with Gasteiger partial charge < -0.3 is 9.47 Å². The van der Waals surface area contributed by atoms with Crippen LogP contribution >= 0.6 is 0 Å². The van der Waals surface area contributed by atoms with Crippen LogP contribution in [0.2, 0.25) is 0 Å². The molecule has 0 N–H and O–H groups in total. The summed E-state index contributed by atoms with van der Waals surface area (Å²) in [6, 6.07) is 0. The Hall–Kier alpha value is -0.760. The van der Waals surface area contributed by atoms with Gasteiger partial charge in [-0.15, -0.1) is 0 Å². The fraction of sp³-hybridized carbons (Fsp3) is 0.600. The molecule has 0 aromatic heterocycles. The number of allylic oxidation sites excluding steroid dienone is 3. The number of methoxy groups -OCH3 is 2. The van der Waals surface area contributed by atoms with Crippen LogP contribution in [0.4, 0.5) is 0 Å². The van der Waals surface area contributed by atoms with Gasteiger partial charge in [-0.1, -0.05) is 13.0 Å². The first-order chi connectivity index (χ1) is 5.74. The molecule has 0 aromatic rings. The summed E-state index contributed by atoms with van der Waals surface area (Å²) in [4.78, 5) is 0. The summed E-state index contributed by atoms with van der Waals surface area (Å²) in [6.07, 6.45) is 5.02. The molecule has 0 unspecified atom stereocenters. The largest absolute Gasteiger partial charge is 0.501 e. The van der Waals surface area contributed by atoms with Crippen LogP contribution < -0.4 is 0 Å². The molecule has 0 saturated heterocycles. The van der Waals surface area contributed by atoms with Gasteiger partial charge >= 0.3 is 0 Å². The number of rotatable bonds is 5. The van der Waals surface area contributed by atoms with Crippen LogP contribution in [0.1, 0.15) is 20.3 Å². The standard InChI is InChI=1S/C10H18O2/c1-5-10(8-11-3)7-6-9(2)12-4/h6-7H,5,8H2,1-4H3. The Morgan fingerprint density at radius 1 is 1.25 bits per heavy atom. The molecule has 0 atom stereocenters. The molecule has 0 saturated carbocycles. The second kappa shape index (κ2) is 6.92. The average Bonchev–Trinajstić information content (AvgIpc) is 2.11. The average molecular weight is 170 g/mol. The Kier molecular flexibility index (Phi) is 6.48. The van der Waals surface area contributed by atoms with Crippen LogP contribution in [0.15, 0.2) is 23.5 Å². The minimum absolute atomic E-state index is 0.698. The van der Waals surface area contributed by atoms with Gasteiger partial charge in [-0.3, -0.25) is 0 Å². The molecule has 0 aliphatic heterocycles. The third kappa shape index (κ3) is 4.97. The summed E-state index contributed by atoms with van der Waals surface area (Å²) in [6.45, 7) is 4.74. The lowest BCUT2D eigenvalue weighted by Gasteiger charge is -2.01. The maximum Gasteiger partial charge on any atom is 0.0924 e. The van der Waals surface area contributed by atoms with E-state index in [0.717, 1.165) is 12.2 Å². The zero-order valence-corrected chi connectivity index (χ0v) is 8.39. The Balaban J connectivity index is 4.09. The summed E-state index contributed by atoms with van der Waals surface area (Å²) in [5.41, 5.74) is 1.27. The molecule has 2 heteroatoms. The van der Waals surface area contributed by atoms with Crippen molar-refractivity contribution in [3.8, 4) is 0 Å². The van der Waals surface area contributed by atoms with Crippen molar-refractivity contribution in [2.24, 2.45) is 0 Å². The van der Waals surface area contributed by atoms with Crippen molar-refractivity contribution in [3.05, 3.63) is 23.5 Å². The zero-order valence-electron chi connectivity index (χ0n) is 8.39. The van der Waals surface area contributed by atoms with Crippen molar-refractivity contribution in [2.45, 2.75) is 20.3 Å². The number of ether oxygens (including phenoxy) is 2. The van der Waals surface area contributed by atoms with E-state index in [9.17, 15) is 0 Å². The molecule has 0 aliphatic rings. The lowest BCUT2D eigenvalue weighted by atomic mass is 10.2. The van der Waals surface area contributed by atoms with Crippen molar-refractivity contribution >= 4 is 0 Å². The molecule has 70 valence electrons. The third-order valence-electron chi connectivity index (χ3n) is 1.66. The van der Waals surface area contributed by atoms with Crippen LogP contribution in [0, 0.1) is 0 Å². The SMILES string of the molecule is CCC(=CC=C(C)OC)COC. The number of hydrogen-bond acceptors (Lipinski definition) is 2. The van der Waals surface area contributed by atoms with Gasteiger partial charge in [0.1, 0.15) is 0 Å². The highest BCUT2D eigenvalue weighted by Gasteiger charge is 1.90. The van der Waals surface area contributed by atoms with Crippen LogP contribution in [-0.4, -0.2) is 20.8 Å². The molecule has 0 aromatic carbocycles. The summed E-state index contributed by atoms with van der Waals surface area (Å²) in [7, 11) is 3.37. The van der Waals surface area contributed by atoms with Crippen molar-refractivity contribution in [1.29, 1.82) is 0 Å². The highest BCUT2D eigenvalue weighted by molar-refractivity contribution is 5.14. The Bertz CT molecular complexity index is 169. The summed E-state index contributed by atoms with van der Waals surface area (Å²) in [5, 5.41) is 0. The lowest BCUT2D eigenvalue weighted by Crippen LogP contribution is -1.92. The first-order valence-electron chi connectivity index (χ1n) is 4.13. The predicted octanol–water partition coefficient (Wildman–Crippen LogP) is 2.52. The second-order valence-electron chi connectivity index (χ2n) is 2.59. The maximum absolute atomic E-state index is 5.02. The first-order valence-corrected chi connectivity index (χ1v) is 4.13. The normalized spacial score (nSPS) is 13.3. The maximum atomic E-state index is 5.02. The molecule has 0 fully saturated rings. The Labute approximate surface area is 74.9 Å². The van der Waals surface area contributed by atoms with E-state index in [1.165, 1.54) is 5.57 Å². The van der Waals surface area contributed by atoms with Crippen LogP contribution in [0.25, 0.3) is 0 Å². The van der Waals surface area contributed by atoms with Crippen LogP contribution in [-0.2, 0) is 9.47 Å². The summed E-state index contributed by atoms with van der Waals surface area (Å²) < 4.78 is 10.0. The van der Waals surface area contributed by atoms with Gasteiger partial charge in [0.15, 0.2) is 0 Å². The molecular weight excluding hydrogens is 152 g/mol. The lowest BCUT2D eigenvalue weighted by molar-refractivity contribution is 0.223. The number of hydrogen-bond donors (Lipinski definition) is 0. The van der Waals surface area contributed by atoms with Gasteiger partial charge in [-0.05, 0) is 25.0 Å². The Morgan fingerprint density at radius 3 is 2.33 bits per heavy atom. The van der Waals surface area contributed by atoms with Crippen molar-refractivity contribution < 1.29 is 9.47 Å². The molecule has 0 amide bonds. The van der Waals surface area contributed by atoms with E-state index in [-0.39, 0.29) is 0 Å². The molecule has 2 nitrogen and oxygen atoms in total. The smallest absolute Gasteiger partial charge is 0.0924 e. The Morgan fingerprint density at radius 2 is 1.92 bits per heavy atom. The minimum Gasteiger partial charge on any atom is -0.501 e. The van der Waals surface area contributed by atoms with Gasteiger partial charge in [0, 0.05) is 7.11 Å². The van der Waals surface area contributed by atoms with Gasteiger partial charge in [0.25, 0.3) is 0 Å². The summed E-state index contributed by atoms with van der Waals surface area (Å²) >= 11 is 0. The van der Waals surface area contributed by atoms with Gasteiger partial charge in [0.05, 0.1) is 19.5 Å². The van der Waals surface area contributed by atoms with Crippen molar-refractivity contribution in [2.75, 3.05) is 20.8 Å². The monoisotopic (exact) mass is 170 g/mol. The minimum atomic E-state index is 0.698. The van der Waals surface area contributed by atoms with E-state index in [4.69, 9.17) is 9.47 Å². The second-order valence-corrected chi connectivity index (χ2v) is 2.59. The molecule has 0 rings (SSSR count). The van der Waals surface area contributed by atoms with E-state index >= 15 is 0 Å². The fourth-order valence-corrected chi connectivity index (χ4v) is 0.757. The molecule has 0 spiro atoms. The summed E-state index contributed by atoms with van der Waals surface area (Å²) in [5.74, 6) is 0.914. The van der Waals surface area contributed by atoms with E-state index in [0.29, 0.717) is 6.61 Å². The topological polar surface area (TPSA) is 18.5 Å². The van der Waals surface area contributed by atoms with Crippen LogP contribution in [0.3, 0.4) is 0 Å². The van der Waals surface area contributed by atoms with Crippen molar-refractivity contribution in [3.63, 3.8) is 0 Å². The first kappa shape index (κ1) is 11.2. The molecule has 12 heavy (non-hydrogen) atoms. The molecule has 0 radical (unpaired) electrons. The van der Waals surface area contributed by atoms with E-state index in [1.807, 2.05) is 19.1 Å².